The van der Waals surface area contributed by atoms with Gasteiger partial charge < -0.3 is 14.4 Å². The maximum Gasteiger partial charge on any atom is 0.309 e. The fraction of sp³-hybridized carbons (Fsp3) is 0.909. The molecular formula is C11H19NO3. The Morgan fingerprint density at radius 2 is 2.13 bits per heavy atom. The van der Waals surface area contributed by atoms with E-state index in [0.717, 1.165) is 39.1 Å². The van der Waals surface area contributed by atoms with Crippen LogP contribution in [0.25, 0.3) is 0 Å². The quantitative estimate of drug-likeness (QED) is 0.508. The number of hydrogen-bond acceptors (Lipinski definition) is 4. The molecule has 0 aromatic heterocycles. The molecule has 0 N–H and O–H groups in total. The van der Waals surface area contributed by atoms with Gasteiger partial charge in [-0.25, -0.2) is 0 Å². The van der Waals surface area contributed by atoms with Crippen LogP contribution in [0.15, 0.2) is 0 Å². The van der Waals surface area contributed by atoms with E-state index in [4.69, 9.17) is 9.47 Å². The Morgan fingerprint density at radius 1 is 1.47 bits per heavy atom. The highest BCUT2D eigenvalue weighted by molar-refractivity contribution is 5.72. The van der Waals surface area contributed by atoms with E-state index >= 15 is 0 Å². The molecule has 2 aliphatic rings. The molecule has 0 unspecified atom stereocenters. The van der Waals surface area contributed by atoms with E-state index < -0.39 is 0 Å². The van der Waals surface area contributed by atoms with Crippen molar-refractivity contribution in [1.29, 1.82) is 0 Å². The Labute approximate surface area is 90.5 Å². The smallest absolute Gasteiger partial charge is 0.309 e. The SMILES string of the molecule is CCOC(=O)C1CCN(C[C@H]2CO2)CC1. The first kappa shape index (κ1) is 10.9. The van der Waals surface area contributed by atoms with Crippen LogP contribution in [0, 0.1) is 5.92 Å². The topological polar surface area (TPSA) is 42.1 Å². The summed E-state index contributed by atoms with van der Waals surface area (Å²) in [5.74, 6) is 0.112. The Kier molecular flexibility index (Phi) is 3.59. The highest BCUT2D eigenvalue weighted by Crippen LogP contribution is 2.20. The van der Waals surface area contributed by atoms with Gasteiger partial charge in [0.05, 0.1) is 25.2 Å². The van der Waals surface area contributed by atoms with Gasteiger partial charge in [0.2, 0.25) is 0 Å². The van der Waals surface area contributed by atoms with Gasteiger partial charge in [-0.3, -0.25) is 4.79 Å². The summed E-state index contributed by atoms with van der Waals surface area (Å²) in [6.45, 7) is 6.31. The Morgan fingerprint density at radius 3 is 2.67 bits per heavy atom. The van der Waals surface area contributed by atoms with Gasteiger partial charge in [0.15, 0.2) is 0 Å². The van der Waals surface area contributed by atoms with E-state index in [-0.39, 0.29) is 11.9 Å². The largest absolute Gasteiger partial charge is 0.466 e. The number of esters is 1. The molecule has 0 aromatic rings. The van der Waals surface area contributed by atoms with Crippen molar-refractivity contribution in [2.75, 3.05) is 32.8 Å². The molecule has 2 aliphatic heterocycles. The third kappa shape index (κ3) is 3.18. The van der Waals surface area contributed by atoms with Crippen LogP contribution in [0.2, 0.25) is 0 Å². The van der Waals surface area contributed by atoms with Crippen molar-refractivity contribution < 1.29 is 14.3 Å². The molecule has 0 saturated carbocycles. The van der Waals surface area contributed by atoms with Crippen LogP contribution >= 0.6 is 0 Å². The predicted octanol–water partition coefficient (Wildman–Crippen LogP) is 0.660. The summed E-state index contributed by atoms with van der Waals surface area (Å²) in [6, 6.07) is 0. The maximum atomic E-state index is 11.5. The third-order valence-corrected chi connectivity index (χ3v) is 3.07. The maximum absolute atomic E-state index is 11.5. The van der Waals surface area contributed by atoms with Gasteiger partial charge in [0.25, 0.3) is 0 Å². The highest BCUT2D eigenvalue weighted by atomic mass is 16.6. The first-order chi connectivity index (χ1) is 7.29. The van der Waals surface area contributed by atoms with Crippen molar-refractivity contribution in [3.8, 4) is 0 Å². The number of hydrogen-bond donors (Lipinski definition) is 0. The third-order valence-electron chi connectivity index (χ3n) is 3.07. The van der Waals surface area contributed by atoms with Gasteiger partial charge in [-0.15, -0.1) is 0 Å². The van der Waals surface area contributed by atoms with Crippen LogP contribution in [0.5, 0.6) is 0 Å². The van der Waals surface area contributed by atoms with Gasteiger partial charge in [0, 0.05) is 6.54 Å². The number of carbonyl (C=O) groups excluding carboxylic acids is 1. The van der Waals surface area contributed by atoms with Gasteiger partial charge in [-0.05, 0) is 32.9 Å². The van der Waals surface area contributed by atoms with Gasteiger partial charge >= 0.3 is 5.97 Å². The number of carbonyl (C=O) groups is 1. The second-order valence-corrected chi connectivity index (χ2v) is 4.28. The molecule has 0 aliphatic carbocycles. The minimum Gasteiger partial charge on any atom is -0.466 e. The number of piperidine rings is 1. The zero-order valence-electron chi connectivity index (χ0n) is 9.28. The summed E-state index contributed by atoms with van der Waals surface area (Å²) < 4.78 is 10.2. The molecule has 4 nitrogen and oxygen atoms in total. The van der Waals surface area contributed by atoms with Crippen LogP contribution in [-0.2, 0) is 14.3 Å². The van der Waals surface area contributed by atoms with E-state index in [1.807, 2.05) is 6.92 Å². The molecule has 0 bridgehead atoms. The molecule has 2 heterocycles. The minimum atomic E-state index is -0.0141. The first-order valence-electron chi connectivity index (χ1n) is 5.80. The minimum absolute atomic E-state index is 0.0141. The first-order valence-corrected chi connectivity index (χ1v) is 5.80. The average molecular weight is 213 g/mol. The number of nitrogens with zero attached hydrogens (tertiary/aromatic N) is 1. The van der Waals surface area contributed by atoms with Crippen molar-refractivity contribution >= 4 is 5.97 Å². The van der Waals surface area contributed by atoms with Crippen LogP contribution in [-0.4, -0.2) is 49.8 Å². The summed E-state index contributed by atoms with van der Waals surface area (Å²) in [6.07, 6.45) is 2.33. The lowest BCUT2D eigenvalue weighted by Gasteiger charge is -2.30. The van der Waals surface area contributed by atoms with Gasteiger partial charge in [-0.2, -0.15) is 0 Å². The van der Waals surface area contributed by atoms with Crippen molar-refractivity contribution in [2.45, 2.75) is 25.9 Å². The highest BCUT2D eigenvalue weighted by Gasteiger charge is 2.30. The van der Waals surface area contributed by atoms with E-state index in [1.54, 1.807) is 0 Å². The van der Waals surface area contributed by atoms with Crippen LogP contribution < -0.4 is 0 Å². The monoisotopic (exact) mass is 213 g/mol. The van der Waals surface area contributed by atoms with Gasteiger partial charge in [-0.1, -0.05) is 0 Å². The van der Waals surface area contributed by atoms with Crippen LogP contribution in [0.4, 0.5) is 0 Å². The summed E-state index contributed by atoms with van der Waals surface area (Å²) in [4.78, 5) is 13.9. The molecule has 0 radical (unpaired) electrons. The lowest BCUT2D eigenvalue weighted by molar-refractivity contribution is -0.149. The van der Waals surface area contributed by atoms with Crippen molar-refractivity contribution in [3.05, 3.63) is 0 Å². The zero-order chi connectivity index (χ0) is 10.7. The molecule has 1 atom stereocenters. The molecule has 0 amide bonds. The fourth-order valence-corrected chi connectivity index (χ4v) is 2.07. The Bertz CT molecular complexity index is 220. The lowest BCUT2D eigenvalue weighted by atomic mass is 9.97. The predicted molar refractivity (Wildman–Crippen MR) is 55.5 cm³/mol. The number of rotatable bonds is 4. The average Bonchev–Trinajstić information content (AvgIpc) is 3.03. The van der Waals surface area contributed by atoms with E-state index in [1.165, 1.54) is 0 Å². The van der Waals surface area contributed by atoms with Crippen molar-refractivity contribution in [3.63, 3.8) is 0 Å². The summed E-state index contributed by atoms with van der Waals surface area (Å²) in [7, 11) is 0. The molecule has 86 valence electrons. The number of likely N-dealkylation sites (tertiary alicyclic amines) is 1. The van der Waals surface area contributed by atoms with Crippen LogP contribution in [0.1, 0.15) is 19.8 Å². The van der Waals surface area contributed by atoms with E-state index in [0.29, 0.717) is 12.7 Å². The van der Waals surface area contributed by atoms with Crippen molar-refractivity contribution in [1.82, 2.24) is 4.90 Å². The molecule has 4 heteroatoms. The molecule has 2 saturated heterocycles. The Balaban J connectivity index is 1.68. The normalized spacial score (nSPS) is 27.7. The number of ether oxygens (including phenoxy) is 2. The van der Waals surface area contributed by atoms with Crippen molar-refractivity contribution in [2.24, 2.45) is 5.92 Å². The van der Waals surface area contributed by atoms with Gasteiger partial charge in [0.1, 0.15) is 0 Å². The second kappa shape index (κ2) is 4.94. The van der Waals surface area contributed by atoms with E-state index in [2.05, 4.69) is 4.90 Å². The lowest BCUT2D eigenvalue weighted by Crippen LogP contribution is -2.38. The standard InChI is InChI=1S/C11H19NO3/c1-2-14-11(13)9-3-5-12(6-4-9)7-10-8-15-10/h9-10H,2-8H2,1H3/t10-/m0/s1. The molecule has 2 fully saturated rings. The van der Waals surface area contributed by atoms with E-state index in [9.17, 15) is 4.79 Å². The molecule has 0 aromatic carbocycles. The molecular weight excluding hydrogens is 194 g/mol. The summed E-state index contributed by atoms with van der Waals surface area (Å²) in [5, 5.41) is 0. The fourth-order valence-electron chi connectivity index (χ4n) is 2.07. The zero-order valence-corrected chi connectivity index (χ0v) is 9.28. The molecule has 15 heavy (non-hydrogen) atoms. The van der Waals surface area contributed by atoms with Crippen LogP contribution in [0.3, 0.4) is 0 Å². The molecule has 0 spiro atoms. The summed E-state index contributed by atoms with van der Waals surface area (Å²) in [5.41, 5.74) is 0. The second-order valence-electron chi connectivity index (χ2n) is 4.28. The number of epoxide rings is 1. The Hall–Kier alpha value is -0.610. The summed E-state index contributed by atoms with van der Waals surface area (Å²) >= 11 is 0. The molecule has 2 rings (SSSR count).